The molecule has 0 radical (unpaired) electrons. The van der Waals surface area contributed by atoms with Crippen molar-refractivity contribution < 1.29 is 17.9 Å². The van der Waals surface area contributed by atoms with Gasteiger partial charge in [0.05, 0.1) is 24.8 Å². The van der Waals surface area contributed by atoms with Gasteiger partial charge in [-0.25, -0.2) is 4.83 Å². The Morgan fingerprint density at radius 3 is 2.50 bits per heavy atom. The largest absolute Gasteiger partial charge is 0.493 e. The van der Waals surface area contributed by atoms with Crippen LogP contribution in [0.2, 0.25) is 0 Å². The maximum atomic E-state index is 12.2. The number of hydrazone groups is 1. The normalized spacial score (nSPS) is 11.5. The molecular formula is C19H24N2O4S. The van der Waals surface area contributed by atoms with Gasteiger partial charge in [0.1, 0.15) is 0 Å². The lowest BCUT2D eigenvalue weighted by Gasteiger charge is -2.10. The summed E-state index contributed by atoms with van der Waals surface area (Å²) in [5.74, 6) is 1.23. The van der Waals surface area contributed by atoms with Crippen molar-refractivity contribution in [1.29, 1.82) is 0 Å². The van der Waals surface area contributed by atoms with Crippen LogP contribution in [-0.4, -0.2) is 28.3 Å². The maximum absolute atomic E-state index is 12.2. The molecule has 2 aromatic rings. The van der Waals surface area contributed by atoms with E-state index in [0.29, 0.717) is 23.7 Å². The van der Waals surface area contributed by atoms with E-state index in [1.54, 1.807) is 49.6 Å². The van der Waals surface area contributed by atoms with Gasteiger partial charge in [-0.2, -0.15) is 13.5 Å². The van der Waals surface area contributed by atoms with Crippen molar-refractivity contribution in [3.63, 3.8) is 0 Å². The number of sulfonamides is 1. The average molecular weight is 376 g/mol. The predicted molar refractivity (Wildman–Crippen MR) is 102 cm³/mol. The summed E-state index contributed by atoms with van der Waals surface area (Å²) in [5.41, 5.74) is 1.68. The second-order valence-corrected chi connectivity index (χ2v) is 7.44. The summed E-state index contributed by atoms with van der Waals surface area (Å²) in [4.78, 5) is 2.37. The van der Waals surface area contributed by atoms with Crippen molar-refractivity contribution >= 4 is 16.2 Å². The van der Waals surface area contributed by atoms with Gasteiger partial charge in [-0.1, -0.05) is 31.0 Å². The molecule has 0 aliphatic carbocycles. The number of benzene rings is 2. The van der Waals surface area contributed by atoms with Crippen molar-refractivity contribution in [2.45, 2.75) is 31.6 Å². The van der Waals surface area contributed by atoms with Gasteiger partial charge >= 0.3 is 0 Å². The van der Waals surface area contributed by atoms with Crippen LogP contribution in [0.25, 0.3) is 0 Å². The molecule has 0 saturated heterocycles. The summed E-state index contributed by atoms with van der Waals surface area (Å²) in [5, 5.41) is 3.83. The minimum atomic E-state index is -3.69. The highest BCUT2D eigenvalue weighted by atomic mass is 32.2. The first-order chi connectivity index (χ1) is 12.5. The van der Waals surface area contributed by atoms with E-state index in [-0.39, 0.29) is 4.90 Å². The molecule has 0 aromatic heterocycles. The summed E-state index contributed by atoms with van der Waals surface area (Å²) in [6, 6.07) is 11.9. The number of aryl methyl sites for hydroxylation is 1. The van der Waals surface area contributed by atoms with Crippen LogP contribution in [0.4, 0.5) is 0 Å². The molecule has 7 heteroatoms. The third kappa shape index (κ3) is 5.49. The Morgan fingerprint density at radius 2 is 1.85 bits per heavy atom. The molecule has 0 bridgehead atoms. The second-order valence-electron chi connectivity index (χ2n) is 5.78. The average Bonchev–Trinajstić information content (AvgIpc) is 2.63. The van der Waals surface area contributed by atoms with Gasteiger partial charge in [0.15, 0.2) is 11.5 Å². The van der Waals surface area contributed by atoms with Crippen molar-refractivity contribution in [2.75, 3.05) is 13.7 Å². The fourth-order valence-corrected chi connectivity index (χ4v) is 2.94. The van der Waals surface area contributed by atoms with Crippen molar-refractivity contribution in [2.24, 2.45) is 5.10 Å². The molecule has 1 N–H and O–H groups in total. The molecule has 2 aromatic carbocycles. The molecule has 0 spiro atoms. The minimum Gasteiger partial charge on any atom is -0.493 e. The molecule has 0 aliphatic rings. The van der Waals surface area contributed by atoms with E-state index in [4.69, 9.17) is 9.47 Å². The summed E-state index contributed by atoms with van der Waals surface area (Å²) in [6.45, 7) is 4.61. The molecule has 26 heavy (non-hydrogen) atoms. The lowest BCUT2D eigenvalue weighted by Crippen LogP contribution is -2.18. The van der Waals surface area contributed by atoms with Gasteiger partial charge in [0, 0.05) is 0 Å². The standard InChI is InChI=1S/C19H24N2O4S/c1-4-5-12-25-18-11-8-16(13-19(18)24-3)14-20-21-26(22,23)17-9-6-15(2)7-10-17/h6-11,13-14,21H,4-5,12H2,1-3H3/b20-14+. The smallest absolute Gasteiger partial charge is 0.276 e. The van der Waals surface area contributed by atoms with Crippen LogP contribution >= 0.6 is 0 Å². The molecule has 0 atom stereocenters. The number of rotatable bonds is 9. The fraction of sp³-hybridized carbons (Fsp3) is 0.316. The monoisotopic (exact) mass is 376 g/mol. The number of methoxy groups -OCH3 is 1. The molecule has 0 saturated carbocycles. The van der Waals surface area contributed by atoms with Crippen LogP contribution in [-0.2, 0) is 10.0 Å². The molecular weight excluding hydrogens is 352 g/mol. The summed E-state index contributed by atoms with van der Waals surface area (Å²) in [6.07, 6.45) is 3.44. The van der Waals surface area contributed by atoms with Crippen LogP contribution in [0.3, 0.4) is 0 Å². The van der Waals surface area contributed by atoms with E-state index in [1.807, 2.05) is 6.92 Å². The zero-order valence-electron chi connectivity index (χ0n) is 15.2. The van der Waals surface area contributed by atoms with Crippen molar-refractivity contribution in [3.8, 4) is 11.5 Å². The molecule has 0 amide bonds. The number of hydrogen-bond donors (Lipinski definition) is 1. The summed E-state index contributed by atoms with van der Waals surface area (Å²) >= 11 is 0. The topological polar surface area (TPSA) is 77.0 Å². The summed E-state index contributed by atoms with van der Waals surface area (Å²) < 4.78 is 35.4. The zero-order chi connectivity index (χ0) is 19.0. The predicted octanol–water partition coefficient (Wildman–Crippen LogP) is 3.49. The molecule has 0 unspecified atom stereocenters. The van der Waals surface area contributed by atoms with Crippen LogP contribution in [0.5, 0.6) is 11.5 Å². The van der Waals surface area contributed by atoms with E-state index in [9.17, 15) is 8.42 Å². The Kier molecular flexibility index (Phi) is 7.03. The SMILES string of the molecule is CCCCOc1ccc(/C=N/NS(=O)(=O)c2ccc(C)cc2)cc1OC. The van der Waals surface area contributed by atoms with Crippen LogP contribution in [0.1, 0.15) is 30.9 Å². The van der Waals surface area contributed by atoms with Gasteiger partial charge in [-0.3, -0.25) is 0 Å². The van der Waals surface area contributed by atoms with E-state index in [2.05, 4.69) is 16.9 Å². The highest BCUT2D eigenvalue weighted by Gasteiger charge is 2.12. The van der Waals surface area contributed by atoms with E-state index in [1.165, 1.54) is 6.21 Å². The Morgan fingerprint density at radius 1 is 1.12 bits per heavy atom. The van der Waals surface area contributed by atoms with Crippen LogP contribution in [0.15, 0.2) is 52.5 Å². The molecule has 140 valence electrons. The van der Waals surface area contributed by atoms with E-state index < -0.39 is 10.0 Å². The first-order valence-corrected chi connectivity index (χ1v) is 9.87. The number of hydrogen-bond acceptors (Lipinski definition) is 5. The molecule has 2 rings (SSSR count). The Labute approximate surface area is 154 Å². The Balaban J connectivity index is 2.06. The van der Waals surface area contributed by atoms with Crippen molar-refractivity contribution in [3.05, 3.63) is 53.6 Å². The maximum Gasteiger partial charge on any atom is 0.276 e. The fourth-order valence-electron chi connectivity index (χ4n) is 2.15. The highest BCUT2D eigenvalue weighted by Crippen LogP contribution is 2.27. The number of ether oxygens (including phenoxy) is 2. The first kappa shape index (κ1) is 19.8. The lowest BCUT2D eigenvalue weighted by atomic mass is 10.2. The molecule has 6 nitrogen and oxygen atoms in total. The van der Waals surface area contributed by atoms with E-state index >= 15 is 0 Å². The summed E-state index contributed by atoms with van der Waals surface area (Å²) in [7, 11) is -2.13. The zero-order valence-corrected chi connectivity index (χ0v) is 16.0. The Hall–Kier alpha value is -2.54. The minimum absolute atomic E-state index is 0.164. The second kappa shape index (κ2) is 9.24. The first-order valence-electron chi connectivity index (χ1n) is 8.38. The molecule has 0 heterocycles. The third-order valence-corrected chi connectivity index (χ3v) is 4.90. The highest BCUT2D eigenvalue weighted by molar-refractivity contribution is 7.89. The Bertz CT molecular complexity index is 846. The van der Waals surface area contributed by atoms with Gasteiger partial charge in [0.25, 0.3) is 10.0 Å². The number of nitrogens with zero attached hydrogens (tertiary/aromatic N) is 1. The van der Waals surface area contributed by atoms with E-state index in [0.717, 1.165) is 18.4 Å². The lowest BCUT2D eigenvalue weighted by molar-refractivity contribution is 0.288. The van der Waals surface area contributed by atoms with Gasteiger partial charge in [0.2, 0.25) is 0 Å². The number of nitrogens with one attached hydrogen (secondary N) is 1. The molecule has 0 aliphatic heterocycles. The van der Waals surface area contributed by atoms with Crippen LogP contribution < -0.4 is 14.3 Å². The van der Waals surface area contributed by atoms with Crippen molar-refractivity contribution in [1.82, 2.24) is 4.83 Å². The van der Waals surface area contributed by atoms with Gasteiger partial charge in [-0.15, -0.1) is 0 Å². The quantitative estimate of drug-likeness (QED) is 0.413. The third-order valence-electron chi connectivity index (χ3n) is 3.66. The number of unbranched alkanes of at least 4 members (excludes halogenated alkanes) is 1. The molecule has 0 fully saturated rings. The van der Waals surface area contributed by atoms with Gasteiger partial charge < -0.3 is 9.47 Å². The van der Waals surface area contributed by atoms with Gasteiger partial charge in [-0.05, 0) is 49.2 Å². The van der Waals surface area contributed by atoms with Crippen LogP contribution in [0, 0.1) is 6.92 Å².